The molecule has 0 aliphatic carbocycles. The molecule has 148 valence electrons. The fourth-order valence-electron chi connectivity index (χ4n) is 3.99. The molecule has 0 aliphatic rings. The standard InChI is InChI=1S/C26H44/c1-5-9-12-15-18-24-22-21-23(8-4)25(19-16-13-10-6-2)26(24)20-17-14-11-7-3/h8,21-22H,4-7,9-20H2,1-3H3. The van der Waals surface area contributed by atoms with Crippen molar-refractivity contribution in [1.29, 1.82) is 0 Å². The van der Waals surface area contributed by atoms with Crippen LogP contribution in [0.3, 0.4) is 0 Å². The Morgan fingerprint density at radius 1 is 0.615 bits per heavy atom. The molecule has 1 aromatic rings. The molecule has 0 saturated carbocycles. The molecule has 0 spiro atoms. The second kappa shape index (κ2) is 15.1. The normalized spacial score (nSPS) is 11.0. The number of benzene rings is 1. The number of hydrogen-bond acceptors (Lipinski definition) is 0. The quantitative estimate of drug-likeness (QED) is 0.260. The molecule has 0 bridgehead atoms. The lowest BCUT2D eigenvalue weighted by atomic mass is 9.87. The van der Waals surface area contributed by atoms with Gasteiger partial charge in [0.25, 0.3) is 0 Å². The average Bonchev–Trinajstić information content (AvgIpc) is 2.66. The first-order chi connectivity index (χ1) is 12.8. The van der Waals surface area contributed by atoms with Gasteiger partial charge in [-0.1, -0.05) is 103 Å². The van der Waals surface area contributed by atoms with Gasteiger partial charge in [0.05, 0.1) is 0 Å². The molecule has 0 heteroatoms. The van der Waals surface area contributed by atoms with Crippen molar-refractivity contribution in [3.63, 3.8) is 0 Å². The summed E-state index contributed by atoms with van der Waals surface area (Å²) in [4.78, 5) is 0. The van der Waals surface area contributed by atoms with Crippen molar-refractivity contribution in [2.45, 2.75) is 117 Å². The second-order valence-corrected chi connectivity index (χ2v) is 7.91. The van der Waals surface area contributed by atoms with E-state index in [2.05, 4.69) is 45.6 Å². The summed E-state index contributed by atoms with van der Waals surface area (Å²) in [5.74, 6) is 0. The van der Waals surface area contributed by atoms with E-state index >= 15 is 0 Å². The lowest BCUT2D eigenvalue weighted by molar-refractivity contribution is 0.639. The number of aryl methyl sites for hydroxylation is 1. The summed E-state index contributed by atoms with van der Waals surface area (Å²) < 4.78 is 0. The molecule has 1 aromatic carbocycles. The summed E-state index contributed by atoms with van der Waals surface area (Å²) in [5, 5.41) is 0. The minimum atomic E-state index is 1.24. The monoisotopic (exact) mass is 356 g/mol. The predicted octanol–water partition coefficient (Wildman–Crippen LogP) is 8.70. The first-order valence-corrected chi connectivity index (χ1v) is 11.5. The van der Waals surface area contributed by atoms with Crippen molar-refractivity contribution in [3.8, 4) is 0 Å². The Kier molecular flexibility index (Phi) is 13.3. The summed E-state index contributed by atoms with van der Waals surface area (Å²) in [5.41, 5.74) is 6.34. The maximum absolute atomic E-state index is 4.10. The molecular formula is C26H44. The molecule has 0 atom stereocenters. The zero-order chi connectivity index (χ0) is 19.0. The van der Waals surface area contributed by atoms with E-state index in [1.165, 1.54) is 102 Å². The Hall–Kier alpha value is -1.04. The molecule has 0 fully saturated rings. The highest BCUT2D eigenvalue weighted by molar-refractivity contribution is 5.56. The first kappa shape index (κ1) is 23.0. The van der Waals surface area contributed by atoms with Gasteiger partial charge in [0.1, 0.15) is 0 Å². The first-order valence-electron chi connectivity index (χ1n) is 11.5. The highest BCUT2D eigenvalue weighted by Crippen LogP contribution is 2.27. The largest absolute Gasteiger partial charge is 0.0985 e. The van der Waals surface area contributed by atoms with Crippen molar-refractivity contribution in [2.24, 2.45) is 0 Å². The number of unbranched alkanes of at least 4 members (excludes halogenated alkanes) is 9. The molecule has 1 rings (SSSR count). The van der Waals surface area contributed by atoms with E-state index in [9.17, 15) is 0 Å². The van der Waals surface area contributed by atoms with Crippen LogP contribution < -0.4 is 0 Å². The van der Waals surface area contributed by atoms with Gasteiger partial charge in [0.2, 0.25) is 0 Å². The summed E-state index contributed by atoms with van der Waals surface area (Å²) in [6.45, 7) is 11.0. The Morgan fingerprint density at radius 2 is 1.12 bits per heavy atom. The van der Waals surface area contributed by atoms with Crippen LogP contribution in [0.4, 0.5) is 0 Å². The molecule has 0 nitrogen and oxygen atoms in total. The summed E-state index contributed by atoms with van der Waals surface area (Å²) in [6, 6.07) is 4.75. The van der Waals surface area contributed by atoms with Crippen LogP contribution in [0.15, 0.2) is 18.7 Å². The molecular weight excluding hydrogens is 312 g/mol. The van der Waals surface area contributed by atoms with E-state index in [0.29, 0.717) is 0 Å². The highest BCUT2D eigenvalue weighted by atomic mass is 14.2. The molecule has 0 saturated heterocycles. The SMILES string of the molecule is C=Cc1ccc(CCCCCC)c(CCCCCC)c1CCCCCC. The third kappa shape index (κ3) is 8.56. The molecule has 0 unspecified atom stereocenters. The second-order valence-electron chi connectivity index (χ2n) is 7.91. The van der Waals surface area contributed by atoms with Gasteiger partial charge in [-0.2, -0.15) is 0 Å². The van der Waals surface area contributed by atoms with Crippen molar-refractivity contribution in [2.75, 3.05) is 0 Å². The van der Waals surface area contributed by atoms with Crippen LogP contribution in [0.25, 0.3) is 6.08 Å². The number of rotatable bonds is 16. The molecule has 0 radical (unpaired) electrons. The van der Waals surface area contributed by atoms with Crippen LogP contribution >= 0.6 is 0 Å². The topological polar surface area (TPSA) is 0 Å². The van der Waals surface area contributed by atoms with Gasteiger partial charge in [-0.25, -0.2) is 0 Å². The van der Waals surface area contributed by atoms with Gasteiger partial charge in [-0.15, -0.1) is 0 Å². The van der Waals surface area contributed by atoms with Crippen LogP contribution in [0.1, 0.15) is 120 Å². The van der Waals surface area contributed by atoms with Crippen molar-refractivity contribution in [1.82, 2.24) is 0 Å². The van der Waals surface area contributed by atoms with Crippen LogP contribution in [0.2, 0.25) is 0 Å². The van der Waals surface area contributed by atoms with Crippen LogP contribution in [0.5, 0.6) is 0 Å². The van der Waals surface area contributed by atoms with Crippen molar-refractivity contribution < 1.29 is 0 Å². The van der Waals surface area contributed by atoms with E-state index in [4.69, 9.17) is 0 Å². The highest BCUT2D eigenvalue weighted by Gasteiger charge is 2.12. The van der Waals surface area contributed by atoms with Gasteiger partial charge in [-0.3, -0.25) is 0 Å². The van der Waals surface area contributed by atoms with Gasteiger partial charge in [0.15, 0.2) is 0 Å². The van der Waals surface area contributed by atoms with Gasteiger partial charge < -0.3 is 0 Å². The Balaban J connectivity index is 2.91. The zero-order valence-corrected chi connectivity index (χ0v) is 18.0. The average molecular weight is 357 g/mol. The van der Waals surface area contributed by atoms with Crippen LogP contribution in [0, 0.1) is 0 Å². The third-order valence-electron chi connectivity index (χ3n) is 5.64. The van der Waals surface area contributed by atoms with Gasteiger partial charge in [0, 0.05) is 0 Å². The van der Waals surface area contributed by atoms with Gasteiger partial charge in [-0.05, 0) is 60.8 Å². The molecule has 0 aliphatic heterocycles. The Morgan fingerprint density at radius 3 is 1.62 bits per heavy atom. The Bertz CT molecular complexity index is 483. The molecule has 26 heavy (non-hydrogen) atoms. The summed E-state index contributed by atoms with van der Waals surface area (Å²) in [6.07, 6.45) is 22.1. The van der Waals surface area contributed by atoms with E-state index in [1.807, 2.05) is 0 Å². The zero-order valence-electron chi connectivity index (χ0n) is 18.0. The lowest BCUT2D eigenvalue weighted by Crippen LogP contribution is -2.04. The molecule has 0 N–H and O–H groups in total. The molecule has 0 heterocycles. The minimum absolute atomic E-state index is 1.24. The summed E-state index contributed by atoms with van der Waals surface area (Å²) >= 11 is 0. The van der Waals surface area contributed by atoms with E-state index in [1.54, 1.807) is 16.7 Å². The maximum Gasteiger partial charge on any atom is -0.0227 e. The fraction of sp³-hybridized carbons (Fsp3) is 0.692. The maximum atomic E-state index is 4.10. The van der Waals surface area contributed by atoms with Crippen molar-refractivity contribution >= 4 is 6.08 Å². The van der Waals surface area contributed by atoms with Gasteiger partial charge >= 0.3 is 0 Å². The molecule has 0 aromatic heterocycles. The predicted molar refractivity (Wildman–Crippen MR) is 120 cm³/mol. The third-order valence-corrected chi connectivity index (χ3v) is 5.64. The lowest BCUT2D eigenvalue weighted by Gasteiger charge is -2.18. The fourth-order valence-corrected chi connectivity index (χ4v) is 3.99. The number of hydrogen-bond donors (Lipinski definition) is 0. The van der Waals surface area contributed by atoms with Crippen LogP contribution in [-0.4, -0.2) is 0 Å². The minimum Gasteiger partial charge on any atom is -0.0985 e. The van der Waals surface area contributed by atoms with Crippen molar-refractivity contribution in [3.05, 3.63) is 41.0 Å². The van der Waals surface area contributed by atoms with E-state index in [-0.39, 0.29) is 0 Å². The van der Waals surface area contributed by atoms with E-state index in [0.717, 1.165) is 0 Å². The molecule has 0 amide bonds. The smallest absolute Gasteiger partial charge is 0.0227 e. The summed E-state index contributed by atoms with van der Waals surface area (Å²) in [7, 11) is 0. The Labute approximate surface area is 164 Å². The van der Waals surface area contributed by atoms with Crippen LogP contribution in [-0.2, 0) is 19.3 Å². The van der Waals surface area contributed by atoms with E-state index < -0.39 is 0 Å².